The van der Waals surface area contributed by atoms with Crippen LogP contribution < -0.4 is 11.1 Å². The van der Waals surface area contributed by atoms with Gasteiger partial charge in [-0.2, -0.15) is 0 Å². The number of nitrogens with one attached hydrogen (secondary N) is 1. The van der Waals surface area contributed by atoms with Crippen molar-refractivity contribution in [3.05, 3.63) is 11.9 Å². The number of nitrogens with zero attached hydrogens (tertiary/aromatic N) is 2. The Morgan fingerprint density at radius 2 is 2.47 bits per heavy atom. The third-order valence-electron chi connectivity index (χ3n) is 2.60. The Labute approximate surface area is 89.1 Å². The fourth-order valence-corrected chi connectivity index (χ4v) is 1.74. The molecule has 1 aromatic heterocycles. The van der Waals surface area contributed by atoms with Gasteiger partial charge >= 0.3 is 0 Å². The Balaban J connectivity index is 2.15. The first-order valence-electron chi connectivity index (χ1n) is 5.25. The van der Waals surface area contributed by atoms with Crippen molar-refractivity contribution in [1.29, 1.82) is 0 Å². The fourth-order valence-electron chi connectivity index (χ4n) is 1.74. The molecular formula is C10H16N4O. The van der Waals surface area contributed by atoms with Crippen LogP contribution >= 0.6 is 0 Å². The maximum Gasteiger partial charge on any atom is 0.134 e. The maximum atomic E-state index is 5.78. The monoisotopic (exact) mass is 208 g/mol. The second-order valence-electron chi connectivity index (χ2n) is 3.64. The summed E-state index contributed by atoms with van der Waals surface area (Å²) >= 11 is 0. The summed E-state index contributed by atoms with van der Waals surface area (Å²) in [5, 5.41) is 3.35. The van der Waals surface area contributed by atoms with Crippen molar-refractivity contribution in [3.63, 3.8) is 0 Å². The molecule has 0 aromatic carbocycles. The Kier molecular flexibility index (Phi) is 3.01. The predicted octanol–water partition coefficient (Wildman–Crippen LogP) is 0.822. The Morgan fingerprint density at radius 3 is 3.13 bits per heavy atom. The van der Waals surface area contributed by atoms with E-state index in [0.29, 0.717) is 11.9 Å². The zero-order valence-corrected chi connectivity index (χ0v) is 8.86. The van der Waals surface area contributed by atoms with Crippen LogP contribution in [0, 0.1) is 0 Å². The van der Waals surface area contributed by atoms with E-state index in [2.05, 4.69) is 15.3 Å². The molecule has 15 heavy (non-hydrogen) atoms. The molecule has 3 N–H and O–H groups in total. The van der Waals surface area contributed by atoms with Crippen LogP contribution in [-0.4, -0.2) is 29.2 Å². The van der Waals surface area contributed by atoms with E-state index in [4.69, 9.17) is 10.5 Å². The molecule has 1 aromatic rings. The lowest BCUT2D eigenvalue weighted by Crippen LogP contribution is -2.21. The standard InChI is InChI=1S/C10H16N4O/c1-2-8-9(11)12-6-13-10(8)14-7-3-4-15-5-7/h6-7H,2-5H2,1H3,(H3,11,12,13,14). The lowest BCUT2D eigenvalue weighted by Gasteiger charge is -2.14. The summed E-state index contributed by atoms with van der Waals surface area (Å²) in [7, 11) is 0. The number of rotatable bonds is 3. The molecule has 5 nitrogen and oxygen atoms in total. The summed E-state index contributed by atoms with van der Waals surface area (Å²) in [6, 6.07) is 0.351. The van der Waals surface area contributed by atoms with Crippen LogP contribution in [-0.2, 0) is 11.2 Å². The topological polar surface area (TPSA) is 73.1 Å². The summed E-state index contributed by atoms with van der Waals surface area (Å²) in [5.74, 6) is 1.41. The minimum atomic E-state index is 0.351. The highest BCUT2D eigenvalue weighted by Crippen LogP contribution is 2.20. The van der Waals surface area contributed by atoms with Crippen LogP contribution in [0.25, 0.3) is 0 Å². The van der Waals surface area contributed by atoms with E-state index in [-0.39, 0.29) is 0 Å². The molecule has 1 fully saturated rings. The second kappa shape index (κ2) is 4.44. The van der Waals surface area contributed by atoms with Gasteiger partial charge in [0.05, 0.1) is 12.6 Å². The molecule has 1 aliphatic heterocycles. The van der Waals surface area contributed by atoms with Gasteiger partial charge in [0.1, 0.15) is 18.0 Å². The van der Waals surface area contributed by atoms with E-state index in [9.17, 15) is 0 Å². The number of nitrogen functional groups attached to an aromatic ring is 1. The second-order valence-corrected chi connectivity index (χ2v) is 3.64. The normalized spacial score (nSPS) is 20.5. The molecule has 1 atom stereocenters. The summed E-state index contributed by atoms with van der Waals surface area (Å²) in [4.78, 5) is 8.20. The summed E-state index contributed by atoms with van der Waals surface area (Å²) < 4.78 is 5.30. The van der Waals surface area contributed by atoms with Crippen LogP contribution in [0.2, 0.25) is 0 Å². The average Bonchev–Trinajstić information content (AvgIpc) is 2.71. The van der Waals surface area contributed by atoms with Crippen molar-refractivity contribution in [3.8, 4) is 0 Å². The Hall–Kier alpha value is -1.36. The summed E-state index contributed by atoms with van der Waals surface area (Å²) in [6.07, 6.45) is 3.35. The van der Waals surface area contributed by atoms with Crippen LogP contribution in [0.1, 0.15) is 18.9 Å². The maximum absolute atomic E-state index is 5.78. The van der Waals surface area contributed by atoms with Gasteiger partial charge < -0.3 is 15.8 Å². The molecule has 0 bridgehead atoms. The fraction of sp³-hybridized carbons (Fsp3) is 0.600. The minimum absolute atomic E-state index is 0.351. The molecule has 2 rings (SSSR count). The number of anilines is 2. The average molecular weight is 208 g/mol. The number of nitrogens with two attached hydrogens (primary N) is 1. The van der Waals surface area contributed by atoms with Crippen molar-refractivity contribution in [1.82, 2.24) is 9.97 Å². The van der Waals surface area contributed by atoms with Crippen LogP contribution in [0.15, 0.2) is 6.33 Å². The van der Waals surface area contributed by atoms with Gasteiger partial charge in [-0.05, 0) is 12.8 Å². The summed E-state index contributed by atoms with van der Waals surface area (Å²) in [5.41, 5.74) is 6.77. The zero-order chi connectivity index (χ0) is 10.7. The van der Waals surface area contributed by atoms with Gasteiger partial charge in [-0.25, -0.2) is 9.97 Å². The predicted molar refractivity (Wildman–Crippen MR) is 58.7 cm³/mol. The molecule has 5 heteroatoms. The Bertz CT molecular complexity index is 336. The molecule has 0 aliphatic carbocycles. The van der Waals surface area contributed by atoms with E-state index in [0.717, 1.165) is 37.4 Å². The SMILES string of the molecule is CCc1c(N)ncnc1NC1CCOC1. The Morgan fingerprint density at radius 1 is 1.60 bits per heavy atom. The highest BCUT2D eigenvalue weighted by Gasteiger charge is 2.17. The third-order valence-corrected chi connectivity index (χ3v) is 2.60. The third kappa shape index (κ3) is 2.18. The van der Waals surface area contributed by atoms with E-state index < -0.39 is 0 Å². The first-order chi connectivity index (χ1) is 7.31. The van der Waals surface area contributed by atoms with E-state index in [1.807, 2.05) is 6.92 Å². The van der Waals surface area contributed by atoms with Crippen LogP contribution in [0.3, 0.4) is 0 Å². The van der Waals surface area contributed by atoms with Crippen molar-refractivity contribution >= 4 is 11.6 Å². The van der Waals surface area contributed by atoms with Gasteiger partial charge in [0.25, 0.3) is 0 Å². The molecule has 0 saturated carbocycles. The van der Waals surface area contributed by atoms with Gasteiger partial charge in [0.2, 0.25) is 0 Å². The van der Waals surface area contributed by atoms with Crippen LogP contribution in [0.4, 0.5) is 11.6 Å². The van der Waals surface area contributed by atoms with Gasteiger partial charge in [0, 0.05) is 12.2 Å². The quantitative estimate of drug-likeness (QED) is 0.769. The van der Waals surface area contributed by atoms with Gasteiger partial charge in [-0.1, -0.05) is 6.92 Å². The number of hydrogen-bond acceptors (Lipinski definition) is 5. The van der Waals surface area contributed by atoms with Crippen LogP contribution in [0.5, 0.6) is 0 Å². The molecule has 1 unspecified atom stereocenters. The van der Waals surface area contributed by atoms with Crippen molar-refractivity contribution < 1.29 is 4.74 Å². The zero-order valence-electron chi connectivity index (χ0n) is 8.86. The van der Waals surface area contributed by atoms with E-state index in [1.165, 1.54) is 6.33 Å². The number of aromatic nitrogens is 2. The van der Waals surface area contributed by atoms with Gasteiger partial charge in [-0.15, -0.1) is 0 Å². The number of hydrogen-bond donors (Lipinski definition) is 2. The molecule has 2 heterocycles. The summed E-state index contributed by atoms with van der Waals surface area (Å²) in [6.45, 7) is 3.61. The molecular weight excluding hydrogens is 192 g/mol. The van der Waals surface area contributed by atoms with E-state index in [1.54, 1.807) is 0 Å². The largest absolute Gasteiger partial charge is 0.383 e. The lowest BCUT2D eigenvalue weighted by atomic mass is 10.2. The molecule has 1 aliphatic rings. The smallest absolute Gasteiger partial charge is 0.134 e. The van der Waals surface area contributed by atoms with Crippen molar-refractivity contribution in [2.75, 3.05) is 24.3 Å². The first-order valence-corrected chi connectivity index (χ1v) is 5.25. The van der Waals surface area contributed by atoms with Gasteiger partial charge in [-0.3, -0.25) is 0 Å². The minimum Gasteiger partial charge on any atom is -0.383 e. The highest BCUT2D eigenvalue weighted by molar-refractivity contribution is 5.55. The van der Waals surface area contributed by atoms with Gasteiger partial charge in [0.15, 0.2) is 0 Å². The highest BCUT2D eigenvalue weighted by atomic mass is 16.5. The van der Waals surface area contributed by atoms with Crippen molar-refractivity contribution in [2.45, 2.75) is 25.8 Å². The molecule has 82 valence electrons. The molecule has 1 saturated heterocycles. The van der Waals surface area contributed by atoms with Crippen molar-refractivity contribution in [2.24, 2.45) is 0 Å². The number of ether oxygens (including phenoxy) is 1. The first kappa shape index (κ1) is 10.2. The van der Waals surface area contributed by atoms with E-state index >= 15 is 0 Å². The molecule has 0 radical (unpaired) electrons. The molecule has 0 spiro atoms. The lowest BCUT2D eigenvalue weighted by molar-refractivity contribution is 0.195. The molecule has 0 amide bonds.